The van der Waals surface area contributed by atoms with Crippen molar-refractivity contribution in [1.29, 1.82) is 0 Å². The number of nitrogens with zero attached hydrogens (tertiary/aromatic N) is 1. The Bertz CT molecular complexity index is 827. The largest absolute Gasteiger partial charge is 0.383 e. The molecule has 0 aliphatic rings. The molecule has 1 atom stereocenters. The third kappa shape index (κ3) is 3.34. The van der Waals surface area contributed by atoms with Gasteiger partial charge in [-0.15, -0.1) is 11.3 Å². The molecular formula is C18H20N2O3S. The maximum absolute atomic E-state index is 12.2. The number of thiophene rings is 1. The molecule has 6 heteroatoms. The van der Waals surface area contributed by atoms with E-state index in [1.807, 2.05) is 37.3 Å². The molecule has 1 amide bonds. The fourth-order valence-corrected chi connectivity index (χ4v) is 3.69. The molecule has 0 bridgehead atoms. The Hall–Kier alpha value is -2.18. The highest BCUT2D eigenvalue weighted by molar-refractivity contribution is 7.19. The monoisotopic (exact) mass is 344 g/mol. The van der Waals surface area contributed by atoms with Crippen LogP contribution < -0.4 is 5.32 Å². The summed E-state index contributed by atoms with van der Waals surface area (Å²) in [5, 5.41) is 18.5. The zero-order chi connectivity index (χ0) is 17.3. The molecule has 2 aromatic heterocycles. The van der Waals surface area contributed by atoms with Crippen molar-refractivity contribution in [3.8, 4) is 0 Å². The number of nitrogens with one attached hydrogen (secondary N) is 1. The van der Waals surface area contributed by atoms with Crippen molar-refractivity contribution in [2.75, 3.05) is 6.54 Å². The second-order valence-corrected chi connectivity index (χ2v) is 7.26. The normalized spacial score (nSPS) is 13.8. The van der Waals surface area contributed by atoms with Crippen LogP contribution in [0.4, 0.5) is 0 Å². The summed E-state index contributed by atoms with van der Waals surface area (Å²) in [6, 6.07) is 9.96. The van der Waals surface area contributed by atoms with Crippen LogP contribution in [0.25, 0.3) is 10.1 Å². The first-order valence-electron chi connectivity index (χ1n) is 7.77. The number of hydrogen-bond donors (Lipinski definition) is 2. The van der Waals surface area contributed by atoms with Crippen molar-refractivity contribution in [2.45, 2.75) is 32.8 Å². The summed E-state index contributed by atoms with van der Waals surface area (Å²) < 4.78 is 6.19. The highest BCUT2D eigenvalue weighted by Crippen LogP contribution is 2.32. The molecule has 0 saturated carbocycles. The molecule has 5 nitrogen and oxygen atoms in total. The SMILES string of the molecule is Cc1noc(C)c1CC(=O)NC[C@](C)(O)c1cc2ccccc2s1. The average molecular weight is 344 g/mol. The number of carbonyl (C=O) groups excluding carboxylic acids is 1. The zero-order valence-electron chi connectivity index (χ0n) is 13.9. The van der Waals surface area contributed by atoms with E-state index in [2.05, 4.69) is 10.5 Å². The van der Waals surface area contributed by atoms with Gasteiger partial charge in [-0.2, -0.15) is 0 Å². The van der Waals surface area contributed by atoms with Crippen molar-refractivity contribution < 1.29 is 14.4 Å². The second-order valence-electron chi connectivity index (χ2n) is 6.18. The molecule has 0 aliphatic heterocycles. The minimum Gasteiger partial charge on any atom is -0.383 e. The number of benzene rings is 1. The zero-order valence-corrected chi connectivity index (χ0v) is 14.7. The lowest BCUT2D eigenvalue weighted by Crippen LogP contribution is -2.38. The Balaban J connectivity index is 1.67. The maximum Gasteiger partial charge on any atom is 0.224 e. The highest BCUT2D eigenvalue weighted by Gasteiger charge is 2.26. The molecule has 24 heavy (non-hydrogen) atoms. The molecular weight excluding hydrogens is 324 g/mol. The summed E-state index contributed by atoms with van der Waals surface area (Å²) in [5.74, 6) is 0.490. The van der Waals surface area contributed by atoms with Gasteiger partial charge in [-0.25, -0.2) is 0 Å². The lowest BCUT2D eigenvalue weighted by atomic mass is 10.0. The lowest BCUT2D eigenvalue weighted by Gasteiger charge is -2.22. The third-order valence-corrected chi connectivity index (χ3v) is 5.47. The predicted octanol–water partition coefficient (Wildman–Crippen LogP) is 3.07. The minimum atomic E-state index is -1.11. The first-order valence-corrected chi connectivity index (χ1v) is 8.58. The van der Waals surface area contributed by atoms with Gasteiger partial charge in [-0.3, -0.25) is 4.79 Å². The fraction of sp³-hybridized carbons (Fsp3) is 0.333. The molecule has 126 valence electrons. The number of fused-ring (bicyclic) bond motifs is 1. The van der Waals surface area contributed by atoms with E-state index in [1.165, 1.54) is 11.3 Å². The van der Waals surface area contributed by atoms with Crippen LogP contribution in [-0.4, -0.2) is 22.7 Å². The average Bonchev–Trinajstić information content (AvgIpc) is 3.12. The van der Waals surface area contributed by atoms with Crippen LogP contribution in [0.3, 0.4) is 0 Å². The van der Waals surface area contributed by atoms with Gasteiger partial charge in [0, 0.05) is 15.1 Å². The highest BCUT2D eigenvalue weighted by atomic mass is 32.1. The lowest BCUT2D eigenvalue weighted by molar-refractivity contribution is -0.121. The smallest absolute Gasteiger partial charge is 0.224 e. The van der Waals surface area contributed by atoms with Crippen molar-refractivity contribution in [2.24, 2.45) is 0 Å². The van der Waals surface area contributed by atoms with Crippen molar-refractivity contribution in [3.05, 3.63) is 52.2 Å². The maximum atomic E-state index is 12.2. The Labute approximate surface area is 144 Å². The summed E-state index contributed by atoms with van der Waals surface area (Å²) in [5.41, 5.74) is 0.408. The van der Waals surface area contributed by atoms with Gasteiger partial charge >= 0.3 is 0 Å². The predicted molar refractivity (Wildman–Crippen MR) is 94.1 cm³/mol. The molecule has 2 heterocycles. The van der Waals surface area contributed by atoms with Gasteiger partial charge in [0.15, 0.2) is 0 Å². The number of aromatic nitrogens is 1. The van der Waals surface area contributed by atoms with Gasteiger partial charge in [0.1, 0.15) is 11.4 Å². The van der Waals surface area contributed by atoms with E-state index in [0.717, 1.165) is 26.2 Å². The molecule has 1 aromatic carbocycles. The topological polar surface area (TPSA) is 75.4 Å². The van der Waals surface area contributed by atoms with E-state index in [9.17, 15) is 9.90 Å². The Morgan fingerprint density at radius 1 is 1.38 bits per heavy atom. The van der Waals surface area contributed by atoms with Crippen LogP contribution in [0.5, 0.6) is 0 Å². The number of aliphatic hydroxyl groups is 1. The molecule has 3 aromatic rings. The summed E-state index contributed by atoms with van der Waals surface area (Å²) in [4.78, 5) is 13.0. The van der Waals surface area contributed by atoms with E-state index >= 15 is 0 Å². The second kappa shape index (κ2) is 6.37. The van der Waals surface area contributed by atoms with Crippen molar-refractivity contribution >= 4 is 27.3 Å². The van der Waals surface area contributed by atoms with Crippen LogP contribution in [0.2, 0.25) is 0 Å². The quantitative estimate of drug-likeness (QED) is 0.746. The Morgan fingerprint density at radius 3 is 2.79 bits per heavy atom. The van der Waals surface area contributed by atoms with Crippen LogP contribution in [0.1, 0.15) is 28.8 Å². The molecule has 0 fully saturated rings. The van der Waals surface area contributed by atoms with Crippen LogP contribution in [-0.2, 0) is 16.8 Å². The molecule has 0 saturated heterocycles. The number of hydrogen-bond acceptors (Lipinski definition) is 5. The summed E-state index contributed by atoms with van der Waals surface area (Å²) in [6.45, 7) is 5.47. The summed E-state index contributed by atoms with van der Waals surface area (Å²) in [6.07, 6.45) is 0.198. The first kappa shape index (κ1) is 16.7. The van der Waals surface area contributed by atoms with E-state index in [0.29, 0.717) is 5.76 Å². The number of amides is 1. The van der Waals surface area contributed by atoms with Gasteiger partial charge < -0.3 is 14.9 Å². The number of rotatable bonds is 5. The molecule has 0 unspecified atom stereocenters. The van der Waals surface area contributed by atoms with Gasteiger partial charge in [-0.05, 0) is 38.3 Å². The van der Waals surface area contributed by atoms with E-state index < -0.39 is 5.60 Å². The van der Waals surface area contributed by atoms with Crippen LogP contribution >= 0.6 is 11.3 Å². The van der Waals surface area contributed by atoms with Crippen molar-refractivity contribution in [3.63, 3.8) is 0 Å². The van der Waals surface area contributed by atoms with Crippen LogP contribution in [0.15, 0.2) is 34.9 Å². The van der Waals surface area contributed by atoms with Crippen LogP contribution in [0, 0.1) is 13.8 Å². The van der Waals surface area contributed by atoms with Crippen molar-refractivity contribution in [1.82, 2.24) is 10.5 Å². The molecule has 0 aliphatic carbocycles. The minimum absolute atomic E-state index is 0.155. The number of aryl methyl sites for hydroxylation is 2. The molecule has 0 radical (unpaired) electrons. The van der Waals surface area contributed by atoms with E-state index in [-0.39, 0.29) is 18.9 Å². The van der Waals surface area contributed by atoms with Gasteiger partial charge in [0.25, 0.3) is 0 Å². The van der Waals surface area contributed by atoms with E-state index in [4.69, 9.17) is 4.52 Å². The summed E-state index contributed by atoms with van der Waals surface area (Å²) >= 11 is 1.54. The fourth-order valence-electron chi connectivity index (χ4n) is 2.58. The van der Waals surface area contributed by atoms with Gasteiger partial charge in [-0.1, -0.05) is 23.4 Å². The van der Waals surface area contributed by atoms with E-state index in [1.54, 1.807) is 13.8 Å². The molecule has 2 N–H and O–H groups in total. The number of carbonyl (C=O) groups is 1. The third-order valence-electron chi connectivity index (χ3n) is 4.10. The first-order chi connectivity index (χ1) is 11.4. The van der Waals surface area contributed by atoms with Gasteiger partial charge in [0.2, 0.25) is 5.91 Å². The molecule has 3 rings (SSSR count). The Morgan fingerprint density at radius 2 is 2.12 bits per heavy atom. The Kier molecular flexibility index (Phi) is 4.43. The summed E-state index contributed by atoms with van der Waals surface area (Å²) in [7, 11) is 0. The van der Waals surface area contributed by atoms with Gasteiger partial charge in [0.05, 0.1) is 18.7 Å². The molecule has 0 spiro atoms. The standard InChI is InChI=1S/C18H20N2O3S/c1-11-14(12(2)23-20-11)9-17(21)19-10-18(3,22)16-8-13-6-4-5-7-15(13)24-16/h4-8,22H,9-10H2,1-3H3,(H,19,21)/t18-/m0/s1.